The van der Waals surface area contributed by atoms with Gasteiger partial charge in [0.2, 0.25) is 0 Å². The first-order chi connectivity index (χ1) is 15.6. The number of nitrogens with one attached hydrogen (secondary N) is 1. The highest BCUT2D eigenvalue weighted by atomic mass is 16.5. The largest absolute Gasteiger partial charge is 0.504 e. The fraction of sp³-hybridized carbons (Fsp3) is 0.125. The topological polar surface area (TPSA) is 101 Å². The van der Waals surface area contributed by atoms with Crippen molar-refractivity contribution in [3.63, 3.8) is 0 Å². The van der Waals surface area contributed by atoms with Crippen molar-refractivity contribution in [2.45, 2.75) is 6.04 Å². The fourth-order valence-corrected chi connectivity index (χ4v) is 4.03. The van der Waals surface area contributed by atoms with E-state index < -0.39 is 6.04 Å². The van der Waals surface area contributed by atoms with E-state index in [9.17, 15) is 9.90 Å². The number of H-pyrrole nitrogens is 1. The summed E-state index contributed by atoms with van der Waals surface area (Å²) in [5, 5.41) is 17.5. The Morgan fingerprint density at radius 2 is 1.84 bits per heavy atom. The molecule has 1 aliphatic heterocycles. The fourth-order valence-electron chi connectivity index (χ4n) is 4.03. The lowest BCUT2D eigenvalue weighted by Gasteiger charge is -2.25. The summed E-state index contributed by atoms with van der Waals surface area (Å²) < 4.78 is 10.6. The molecule has 0 saturated carbocycles. The predicted molar refractivity (Wildman–Crippen MR) is 118 cm³/mol. The summed E-state index contributed by atoms with van der Waals surface area (Å²) in [5.41, 5.74) is 3.40. The monoisotopic (exact) mass is 428 g/mol. The van der Waals surface area contributed by atoms with E-state index in [2.05, 4.69) is 15.2 Å². The van der Waals surface area contributed by atoms with Crippen LogP contribution in [0.3, 0.4) is 0 Å². The predicted octanol–water partition coefficient (Wildman–Crippen LogP) is 3.94. The third-order valence-corrected chi connectivity index (χ3v) is 5.55. The molecular formula is C24H20N4O4. The van der Waals surface area contributed by atoms with E-state index in [-0.39, 0.29) is 11.7 Å². The molecule has 0 fully saturated rings. The highest BCUT2D eigenvalue weighted by Crippen LogP contribution is 2.45. The molecule has 1 aliphatic rings. The quantitative estimate of drug-likeness (QED) is 0.499. The molecule has 0 radical (unpaired) electrons. The van der Waals surface area contributed by atoms with Gasteiger partial charge in [0.25, 0.3) is 5.91 Å². The SMILES string of the molecule is COc1ccc(-c2n[nH]c3c2C(c2ccc(O)c(OC)c2)N(c2ccccn2)C3=O)cc1. The Morgan fingerprint density at radius 1 is 1.03 bits per heavy atom. The van der Waals surface area contributed by atoms with E-state index in [1.165, 1.54) is 7.11 Å². The van der Waals surface area contributed by atoms with Crippen molar-refractivity contribution < 1.29 is 19.4 Å². The molecule has 160 valence electrons. The molecule has 0 saturated heterocycles. The van der Waals surface area contributed by atoms with E-state index in [4.69, 9.17) is 9.47 Å². The minimum absolute atomic E-state index is 0.0211. The van der Waals surface area contributed by atoms with Gasteiger partial charge >= 0.3 is 0 Å². The average Bonchev–Trinajstić information content (AvgIpc) is 3.39. The van der Waals surface area contributed by atoms with Crippen LogP contribution in [0.2, 0.25) is 0 Å². The molecule has 0 bridgehead atoms. The van der Waals surface area contributed by atoms with Crippen molar-refractivity contribution in [3.8, 4) is 28.5 Å². The van der Waals surface area contributed by atoms with Crippen molar-refractivity contribution >= 4 is 11.7 Å². The van der Waals surface area contributed by atoms with Gasteiger partial charge in [0.1, 0.15) is 17.3 Å². The Hall–Kier alpha value is -4.33. The molecule has 2 aromatic heterocycles. The standard InChI is InChI=1S/C24H20N4O4/c1-31-16-9-6-14(7-10-16)21-20-22(27-26-21)24(30)28(19-5-3-4-12-25-19)23(20)15-8-11-17(29)18(13-15)32-2/h3-13,23,29H,1-2H3,(H,26,27). The Bertz CT molecular complexity index is 1290. The molecule has 2 aromatic carbocycles. The Labute approximate surface area is 184 Å². The first kappa shape index (κ1) is 19.6. The summed E-state index contributed by atoms with van der Waals surface area (Å²) >= 11 is 0. The van der Waals surface area contributed by atoms with E-state index >= 15 is 0 Å². The smallest absolute Gasteiger partial charge is 0.278 e. The lowest BCUT2D eigenvalue weighted by molar-refractivity contribution is 0.0988. The average molecular weight is 428 g/mol. The number of aromatic amines is 1. The number of phenols is 1. The molecule has 5 rings (SSSR count). The maximum Gasteiger partial charge on any atom is 0.278 e. The number of rotatable bonds is 5. The highest BCUT2D eigenvalue weighted by molar-refractivity contribution is 6.11. The molecule has 1 amide bonds. The number of aromatic hydroxyl groups is 1. The third-order valence-electron chi connectivity index (χ3n) is 5.55. The van der Waals surface area contributed by atoms with Gasteiger partial charge in [0, 0.05) is 17.3 Å². The lowest BCUT2D eigenvalue weighted by atomic mass is 9.95. The van der Waals surface area contributed by atoms with Crippen LogP contribution in [0.1, 0.15) is 27.7 Å². The van der Waals surface area contributed by atoms with Crippen molar-refractivity contribution in [3.05, 3.63) is 83.7 Å². The zero-order valence-electron chi connectivity index (χ0n) is 17.4. The number of methoxy groups -OCH3 is 2. The minimum atomic E-state index is -0.516. The number of nitrogens with zero attached hydrogens (tertiary/aromatic N) is 3. The number of carbonyl (C=O) groups excluding carboxylic acids is 1. The van der Waals surface area contributed by atoms with Crippen LogP contribution in [0.4, 0.5) is 5.82 Å². The van der Waals surface area contributed by atoms with Crippen LogP contribution in [0, 0.1) is 0 Å². The number of fused-ring (bicyclic) bond motifs is 1. The van der Waals surface area contributed by atoms with Crippen molar-refractivity contribution in [2.75, 3.05) is 19.1 Å². The first-order valence-electron chi connectivity index (χ1n) is 9.96. The van der Waals surface area contributed by atoms with Gasteiger partial charge in [-0.1, -0.05) is 12.1 Å². The summed E-state index contributed by atoms with van der Waals surface area (Å²) in [7, 11) is 3.10. The second-order valence-electron chi connectivity index (χ2n) is 7.29. The zero-order chi connectivity index (χ0) is 22.2. The number of ether oxygens (including phenoxy) is 2. The number of hydrogen-bond donors (Lipinski definition) is 2. The van der Waals surface area contributed by atoms with Crippen molar-refractivity contribution in [1.29, 1.82) is 0 Å². The maximum atomic E-state index is 13.5. The number of pyridine rings is 1. The molecule has 4 aromatic rings. The zero-order valence-corrected chi connectivity index (χ0v) is 17.4. The molecule has 1 unspecified atom stereocenters. The highest BCUT2D eigenvalue weighted by Gasteiger charge is 2.43. The van der Waals surface area contributed by atoms with Crippen molar-refractivity contribution in [2.24, 2.45) is 0 Å². The van der Waals surface area contributed by atoms with Crippen molar-refractivity contribution in [1.82, 2.24) is 15.2 Å². The van der Waals surface area contributed by atoms with E-state index in [1.54, 1.807) is 48.5 Å². The van der Waals surface area contributed by atoms with Gasteiger partial charge in [-0.3, -0.25) is 14.8 Å². The number of amides is 1. The molecule has 0 spiro atoms. The molecular weight excluding hydrogens is 408 g/mol. The van der Waals surface area contributed by atoms with Crippen LogP contribution < -0.4 is 14.4 Å². The molecule has 0 aliphatic carbocycles. The summed E-state index contributed by atoms with van der Waals surface area (Å²) in [6, 6.07) is 17.5. The summed E-state index contributed by atoms with van der Waals surface area (Å²) in [5.74, 6) is 1.35. The lowest BCUT2D eigenvalue weighted by Crippen LogP contribution is -2.30. The van der Waals surface area contributed by atoms with E-state index in [1.807, 2.05) is 30.3 Å². The van der Waals surface area contributed by atoms with Crippen LogP contribution in [-0.4, -0.2) is 40.4 Å². The van der Waals surface area contributed by atoms with E-state index in [0.717, 1.165) is 22.4 Å². The maximum absolute atomic E-state index is 13.5. The third kappa shape index (κ3) is 3.04. The summed E-state index contributed by atoms with van der Waals surface area (Å²) in [6.45, 7) is 0. The van der Waals surface area contributed by atoms with Crippen LogP contribution in [0.15, 0.2) is 66.9 Å². The number of anilines is 1. The Kier molecular flexibility index (Phi) is 4.74. The van der Waals surface area contributed by atoms with E-state index in [0.29, 0.717) is 23.0 Å². The number of aromatic nitrogens is 3. The summed E-state index contributed by atoms with van der Waals surface area (Å²) in [6.07, 6.45) is 1.65. The molecule has 3 heterocycles. The van der Waals surface area contributed by atoms with Gasteiger partial charge in [0.05, 0.1) is 26.0 Å². The van der Waals surface area contributed by atoms with Crippen LogP contribution in [0.5, 0.6) is 17.2 Å². The number of benzene rings is 2. The van der Waals surface area contributed by atoms with Crippen LogP contribution >= 0.6 is 0 Å². The second-order valence-corrected chi connectivity index (χ2v) is 7.29. The number of phenolic OH excluding ortho intramolecular Hbond substituents is 1. The molecule has 8 nitrogen and oxygen atoms in total. The van der Waals surface area contributed by atoms with Crippen LogP contribution in [0.25, 0.3) is 11.3 Å². The molecule has 2 N–H and O–H groups in total. The van der Waals surface area contributed by atoms with Gasteiger partial charge in [-0.25, -0.2) is 4.98 Å². The minimum Gasteiger partial charge on any atom is -0.504 e. The van der Waals surface area contributed by atoms with Gasteiger partial charge in [-0.2, -0.15) is 5.10 Å². The van der Waals surface area contributed by atoms with Gasteiger partial charge < -0.3 is 14.6 Å². The second kappa shape index (κ2) is 7.73. The molecule has 8 heteroatoms. The van der Waals surface area contributed by atoms with Crippen LogP contribution in [-0.2, 0) is 0 Å². The van der Waals surface area contributed by atoms with Gasteiger partial charge in [-0.15, -0.1) is 0 Å². The Balaban J connectivity index is 1.71. The van der Waals surface area contributed by atoms with Gasteiger partial charge in [0.15, 0.2) is 11.5 Å². The summed E-state index contributed by atoms with van der Waals surface area (Å²) in [4.78, 5) is 19.5. The molecule has 1 atom stereocenters. The first-order valence-corrected chi connectivity index (χ1v) is 9.96. The van der Waals surface area contributed by atoms with Gasteiger partial charge in [-0.05, 0) is 54.1 Å². The number of hydrogen-bond acceptors (Lipinski definition) is 6. The normalized spacial score (nSPS) is 15.0. The number of carbonyl (C=O) groups is 1. The Morgan fingerprint density at radius 3 is 2.53 bits per heavy atom. The molecule has 32 heavy (non-hydrogen) atoms.